The van der Waals surface area contributed by atoms with Crippen molar-refractivity contribution in [2.75, 3.05) is 27.4 Å². The Balaban J connectivity index is 1.20. The Labute approximate surface area is 492 Å². The largest absolute Gasteiger partial charge is 0.497 e. The average Bonchev–Trinajstić information content (AvgIpc) is 2.11. The number of rotatable bonds is 23. The van der Waals surface area contributed by atoms with Crippen LogP contribution in [0.4, 0.5) is 0 Å². The first-order valence-corrected chi connectivity index (χ1v) is 34.8. The van der Waals surface area contributed by atoms with Crippen LogP contribution in [0.15, 0.2) is 162 Å². The number of methoxy groups -OCH3 is 2. The maximum Gasteiger partial charge on any atom is 0.338 e. The van der Waals surface area contributed by atoms with Gasteiger partial charge in [-0.3, -0.25) is 0 Å². The van der Waals surface area contributed by atoms with Crippen molar-refractivity contribution in [2.45, 2.75) is 175 Å². The van der Waals surface area contributed by atoms with Crippen LogP contribution in [0.1, 0.15) is 123 Å². The SMILES string of the molecule is CC[Si](CC)(CC)O[C@@H]1[C@@H](OCc2ccc(OC)cc2)[C@H](O[C@H]2C=C(CO[Si](c3ccccc3)(c3ccccc3)C(C)(C)C)[C@H](OC(=O)c3ccccc3)C[C@@H]3C4=C(C(C)C)CC[C@]4(C)CC[C@@]23C)OC[C@H]1OCc1ccc(OC)cc1. The van der Waals surface area contributed by atoms with E-state index >= 15 is 0 Å². The van der Waals surface area contributed by atoms with Crippen LogP contribution in [0, 0.1) is 22.7 Å². The van der Waals surface area contributed by atoms with Crippen LogP contribution >= 0.6 is 0 Å². The fourth-order valence-corrected chi connectivity index (χ4v) is 21.4. The van der Waals surface area contributed by atoms with Crippen LogP contribution in [0.5, 0.6) is 11.5 Å². The first-order chi connectivity index (χ1) is 39.4. The third-order valence-corrected chi connectivity index (χ3v) is 28.8. The van der Waals surface area contributed by atoms with Gasteiger partial charge in [0.2, 0.25) is 0 Å². The minimum absolute atomic E-state index is 0.00854. The zero-order valence-electron chi connectivity index (χ0n) is 51.0. The quantitative estimate of drug-likeness (QED) is 0.0357. The average molecular weight is 1150 g/mol. The molecule has 5 aromatic carbocycles. The van der Waals surface area contributed by atoms with Gasteiger partial charge in [-0.2, -0.15) is 0 Å². The standard InChI is InChI=1S/C70H92O10Si2/c1-13-81(14-2,15-3)80-64-61(74-45-50-31-35-54(72-11)36-32-50)48-76-67(65(64)75-46-51-33-37-55(73-12)38-34-51)79-62-43-53(47-77-82(68(6,7)8,56-27-21-17-22-28-56)57-29-23-18-24-30-57)60(78-66(71)52-25-19-16-20-26-52)44-59-63-58(49(4)5)39-40-69(63,9)41-42-70(59,62)10/h16-38,43,49,59-62,64-65,67H,13-15,39-42,44-48H2,1-12H3/t59-,60-,61-,62+,64+,65-,67+,69-,70-/m1/s1. The molecule has 5 aromatic rings. The highest BCUT2D eigenvalue weighted by molar-refractivity contribution is 6.99. The first kappa shape index (κ1) is 61.4. The number of esters is 1. The molecule has 1 saturated heterocycles. The van der Waals surface area contributed by atoms with Gasteiger partial charge in [0, 0.05) is 5.41 Å². The van der Waals surface area contributed by atoms with Gasteiger partial charge in [0.05, 0.1) is 52.3 Å². The maximum absolute atomic E-state index is 14.8. The van der Waals surface area contributed by atoms with Crippen molar-refractivity contribution < 1.29 is 46.8 Å². The van der Waals surface area contributed by atoms with Gasteiger partial charge in [-0.15, -0.1) is 0 Å². The molecule has 0 spiro atoms. The second kappa shape index (κ2) is 26.4. The molecule has 0 radical (unpaired) electrons. The van der Waals surface area contributed by atoms with E-state index < -0.39 is 58.9 Å². The number of ether oxygens (including phenoxy) is 7. The van der Waals surface area contributed by atoms with Crippen molar-refractivity contribution in [2.24, 2.45) is 22.7 Å². The lowest BCUT2D eigenvalue weighted by atomic mass is 9.54. The molecule has 82 heavy (non-hydrogen) atoms. The Hall–Kier alpha value is -5.16. The highest BCUT2D eigenvalue weighted by Crippen LogP contribution is 2.64. The van der Waals surface area contributed by atoms with Gasteiger partial charge in [-0.25, -0.2) is 4.79 Å². The number of allylic oxidation sites excluding steroid dienone is 2. The lowest BCUT2D eigenvalue weighted by Crippen LogP contribution is -2.66. The molecule has 10 nitrogen and oxygen atoms in total. The molecule has 440 valence electrons. The van der Waals surface area contributed by atoms with Gasteiger partial charge >= 0.3 is 5.97 Å². The van der Waals surface area contributed by atoms with E-state index in [1.807, 2.05) is 78.9 Å². The third kappa shape index (κ3) is 12.9. The van der Waals surface area contributed by atoms with Crippen molar-refractivity contribution in [3.8, 4) is 11.5 Å². The zero-order valence-corrected chi connectivity index (χ0v) is 53.0. The predicted molar refractivity (Wildman–Crippen MR) is 332 cm³/mol. The van der Waals surface area contributed by atoms with Crippen LogP contribution in [0.3, 0.4) is 0 Å². The van der Waals surface area contributed by atoms with E-state index in [9.17, 15) is 4.79 Å². The summed E-state index contributed by atoms with van der Waals surface area (Å²) < 4.78 is 63.1. The molecule has 0 bridgehead atoms. The van der Waals surface area contributed by atoms with Crippen molar-refractivity contribution in [1.82, 2.24) is 0 Å². The number of carbonyl (C=O) groups excluding carboxylic acids is 1. The molecule has 0 unspecified atom stereocenters. The van der Waals surface area contributed by atoms with Gasteiger partial charge in [0.25, 0.3) is 8.32 Å². The van der Waals surface area contributed by atoms with Crippen LogP contribution in [0.25, 0.3) is 0 Å². The van der Waals surface area contributed by atoms with Gasteiger partial charge in [-0.05, 0) is 136 Å². The van der Waals surface area contributed by atoms with Crippen molar-refractivity contribution in [1.29, 1.82) is 0 Å². The van der Waals surface area contributed by atoms with E-state index in [0.717, 1.165) is 72.0 Å². The van der Waals surface area contributed by atoms with Crippen LogP contribution in [-0.2, 0) is 45.8 Å². The molecule has 0 N–H and O–H groups in total. The summed E-state index contributed by atoms with van der Waals surface area (Å²) in [4.78, 5) is 14.8. The highest BCUT2D eigenvalue weighted by Gasteiger charge is 2.59. The number of hydrogen-bond acceptors (Lipinski definition) is 10. The fraction of sp³-hybridized carbons (Fsp3) is 0.500. The molecule has 4 aliphatic rings. The van der Waals surface area contributed by atoms with E-state index in [2.05, 4.69) is 136 Å². The van der Waals surface area contributed by atoms with Gasteiger partial charge in [0.1, 0.15) is 35.9 Å². The molecular weight excluding hydrogens is 1060 g/mol. The van der Waals surface area contributed by atoms with E-state index in [0.29, 0.717) is 24.5 Å². The van der Waals surface area contributed by atoms with Gasteiger partial charge in [-0.1, -0.05) is 190 Å². The summed E-state index contributed by atoms with van der Waals surface area (Å²) in [7, 11) is -2.12. The summed E-state index contributed by atoms with van der Waals surface area (Å²) in [6, 6.07) is 49.8. The molecule has 0 amide bonds. The van der Waals surface area contributed by atoms with Crippen LogP contribution in [-0.4, -0.2) is 86.8 Å². The number of carbonyl (C=O) groups is 1. The second-order valence-corrected chi connectivity index (χ2v) is 34.3. The summed E-state index contributed by atoms with van der Waals surface area (Å²) in [5, 5.41) is 2.04. The third-order valence-electron chi connectivity index (χ3n) is 19.2. The Bertz CT molecular complexity index is 2870. The first-order valence-electron chi connectivity index (χ1n) is 30.3. The Morgan fingerprint density at radius 1 is 0.683 bits per heavy atom. The van der Waals surface area contributed by atoms with E-state index in [1.54, 1.807) is 14.2 Å². The van der Waals surface area contributed by atoms with E-state index in [1.165, 1.54) is 21.5 Å². The minimum atomic E-state index is -3.13. The molecule has 2 fully saturated rings. The molecule has 9 rings (SSSR count). The van der Waals surface area contributed by atoms with E-state index in [4.69, 9.17) is 42.0 Å². The zero-order chi connectivity index (χ0) is 58.3. The second-order valence-electron chi connectivity index (χ2n) is 25.3. The van der Waals surface area contributed by atoms with Crippen molar-refractivity contribution >= 4 is 33.0 Å². The molecular formula is C70H92O10Si2. The lowest BCUT2D eigenvalue weighted by Gasteiger charge is -2.53. The summed E-state index contributed by atoms with van der Waals surface area (Å²) in [6.07, 6.45) is 3.16. The monoisotopic (exact) mass is 1150 g/mol. The normalized spacial score (nSPS) is 25.9. The van der Waals surface area contributed by atoms with Crippen LogP contribution in [0.2, 0.25) is 23.2 Å². The number of hydrogen-bond donors (Lipinski definition) is 0. The molecule has 1 aliphatic heterocycles. The van der Waals surface area contributed by atoms with E-state index in [-0.39, 0.29) is 42.2 Å². The Morgan fingerprint density at radius 3 is 1.76 bits per heavy atom. The predicted octanol–water partition coefficient (Wildman–Crippen LogP) is 14.6. The Morgan fingerprint density at radius 2 is 1.23 bits per heavy atom. The number of fused-ring (bicyclic) bond motifs is 3. The van der Waals surface area contributed by atoms with Gasteiger partial charge < -0.3 is 42.0 Å². The Kier molecular flexibility index (Phi) is 19.8. The van der Waals surface area contributed by atoms with Crippen LogP contribution < -0.4 is 19.8 Å². The molecule has 12 heteroatoms. The topological polar surface area (TPSA) is 100 Å². The molecule has 9 atom stereocenters. The summed E-state index contributed by atoms with van der Waals surface area (Å²) in [6.45, 7) is 24.4. The highest BCUT2D eigenvalue weighted by atomic mass is 28.4. The maximum atomic E-state index is 14.8. The lowest BCUT2D eigenvalue weighted by molar-refractivity contribution is -0.304. The minimum Gasteiger partial charge on any atom is -0.497 e. The summed E-state index contributed by atoms with van der Waals surface area (Å²) in [5.74, 6) is 1.54. The fourth-order valence-electron chi connectivity index (χ4n) is 14.0. The molecule has 1 saturated carbocycles. The molecule has 3 aliphatic carbocycles. The molecule has 0 aromatic heterocycles. The molecule has 1 heterocycles. The number of benzene rings is 5. The smallest absolute Gasteiger partial charge is 0.338 e. The van der Waals surface area contributed by atoms with Crippen molar-refractivity contribution in [3.63, 3.8) is 0 Å². The van der Waals surface area contributed by atoms with Gasteiger partial charge in [0.15, 0.2) is 14.6 Å². The summed E-state index contributed by atoms with van der Waals surface area (Å²) in [5.41, 5.74) is 5.95. The van der Waals surface area contributed by atoms with Crippen molar-refractivity contribution in [3.05, 3.63) is 179 Å². The summed E-state index contributed by atoms with van der Waals surface area (Å²) >= 11 is 0.